The number of carbonyl (C=O) groups is 3. The summed E-state index contributed by atoms with van der Waals surface area (Å²) in [7, 11) is 1.24. The Morgan fingerprint density at radius 1 is 1.20 bits per heavy atom. The van der Waals surface area contributed by atoms with Gasteiger partial charge in [0.05, 0.1) is 26.0 Å². The highest BCUT2D eigenvalue weighted by molar-refractivity contribution is 9.10. The number of benzene rings is 1. The highest BCUT2D eigenvalue weighted by Gasteiger charge is 2.43. The van der Waals surface area contributed by atoms with Crippen LogP contribution >= 0.6 is 15.9 Å². The number of hydrogen-bond donors (Lipinski definition) is 2. The molecule has 2 unspecified atom stereocenters. The molecule has 0 bridgehead atoms. The Hall–Kier alpha value is -3.08. The number of halogens is 1. The highest BCUT2D eigenvalue weighted by atomic mass is 79.9. The van der Waals surface area contributed by atoms with Crippen LogP contribution in [0, 0.1) is 5.92 Å². The van der Waals surface area contributed by atoms with Crippen molar-refractivity contribution in [2.24, 2.45) is 5.92 Å². The fourth-order valence-corrected chi connectivity index (χ4v) is 3.98. The van der Waals surface area contributed by atoms with Crippen molar-refractivity contribution in [3.8, 4) is 11.3 Å². The lowest BCUT2D eigenvalue weighted by atomic mass is 10.0. The number of ether oxygens (including phenoxy) is 2. The maximum absolute atomic E-state index is 13.6. The number of aromatic amines is 1. The van der Waals surface area contributed by atoms with Gasteiger partial charge in [-0.1, -0.05) is 41.9 Å². The molecule has 2 aromatic rings. The lowest BCUT2D eigenvalue weighted by Crippen LogP contribution is -2.51. The maximum atomic E-state index is 13.6. The molecule has 35 heavy (non-hydrogen) atoms. The van der Waals surface area contributed by atoms with Crippen LogP contribution in [0.1, 0.15) is 46.5 Å². The zero-order chi connectivity index (χ0) is 25.9. The van der Waals surface area contributed by atoms with Gasteiger partial charge in [0.15, 0.2) is 0 Å². The normalized spacial score (nSPS) is 16.9. The van der Waals surface area contributed by atoms with Crippen LogP contribution in [0.25, 0.3) is 11.3 Å². The first-order valence-corrected chi connectivity index (χ1v) is 12.1. The van der Waals surface area contributed by atoms with Gasteiger partial charge in [-0.05, 0) is 38.8 Å². The second kappa shape index (κ2) is 10.7. The molecule has 1 aromatic carbocycles. The number of methoxy groups -OCH3 is 1. The largest absolute Gasteiger partial charge is 0.453 e. The molecule has 0 radical (unpaired) electrons. The van der Waals surface area contributed by atoms with E-state index < -0.39 is 29.9 Å². The number of nitrogens with one attached hydrogen (secondary N) is 2. The summed E-state index contributed by atoms with van der Waals surface area (Å²) in [6.45, 7) is 9.20. The standard InChI is InChI=1S/C24H32BrN5O5/c1-14(2)19(28-22(32)34-6)21(31)30-13-29(23(33)35-24(3,4)5)12-18(30)20-26-11-17(27-20)15-7-9-16(25)10-8-15/h7-11,14,18-19H,12-13H2,1-6H3,(H,26,27)(H,28,32). The van der Waals surface area contributed by atoms with Crippen LogP contribution in [-0.2, 0) is 14.3 Å². The molecule has 2 N–H and O–H groups in total. The number of alkyl carbamates (subject to hydrolysis) is 1. The van der Waals surface area contributed by atoms with Crippen LogP contribution in [0.4, 0.5) is 9.59 Å². The molecular weight excluding hydrogens is 518 g/mol. The van der Waals surface area contributed by atoms with E-state index in [-0.39, 0.29) is 25.0 Å². The highest BCUT2D eigenvalue weighted by Crippen LogP contribution is 2.31. The van der Waals surface area contributed by atoms with Crippen LogP contribution in [0.5, 0.6) is 0 Å². The van der Waals surface area contributed by atoms with E-state index in [0.717, 1.165) is 10.0 Å². The molecule has 2 atom stereocenters. The number of nitrogens with zero attached hydrogens (tertiary/aromatic N) is 3. The summed E-state index contributed by atoms with van der Waals surface area (Å²) in [4.78, 5) is 49.2. The average molecular weight is 550 g/mol. The van der Waals surface area contributed by atoms with Crippen molar-refractivity contribution >= 4 is 34.0 Å². The van der Waals surface area contributed by atoms with E-state index in [1.807, 2.05) is 38.1 Å². The van der Waals surface area contributed by atoms with Crippen molar-refractivity contribution < 1.29 is 23.9 Å². The Morgan fingerprint density at radius 2 is 1.86 bits per heavy atom. The summed E-state index contributed by atoms with van der Waals surface area (Å²) in [6.07, 6.45) is 0.538. The molecule has 1 aliphatic heterocycles. The number of rotatable bonds is 5. The van der Waals surface area contributed by atoms with Gasteiger partial charge in [0.2, 0.25) is 5.91 Å². The smallest absolute Gasteiger partial charge is 0.411 e. The summed E-state index contributed by atoms with van der Waals surface area (Å²) < 4.78 is 11.2. The van der Waals surface area contributed by atoms with Gasteiger partial charge >= 0.3 is 12.2 Å². The fraction of sp³-hybridized carbons (Fsp3) is 0.500. The lowest BCUT2D eigenvalue weighted by Gasteiger charge is -2.29. The Bertz CT molecular complexity index is 1060. The fourth-order valence-electron chi connectivity index (χ4n) is 3.72. The Labute approximate surface area is 213 Å². The Morgan fingerprint density at radius 3 is 2.43 bits per heavy atom. The van der Waals surface area contributed by atoms with Crippen molar-refractivity contribution in [3.05, 3.63) is 40.8 Å². The molecule has 10 nitrogen and oxygen atoms in total. The Kier molecular flexibility index (Phi) is 8.09. The molecule has 11 heteroatoms. The zero-order valence-electron chi connectivity index (χ0n) is 20.8. The van der Waals surface area contributed by atoms with Gasteiger partial charge in [0.25, 0.3) is 0 Å². The number of carbonyl (C=O) groups excluding carboxylic acids is 3. The van der Waals surface area contributed by atoms with Crippen molar-refractivity contribution in [1.29, 1.82) is 0 Å². The van der Waals surface area contributed by atoms with Crippen LogP contribution in [-0.4, -0.2) is 69.8 Å². The lowest BCUT2D eigenvalue weighted by molar-refractivity contribution is -0.135. The maximum Gasteiger partial charge on any atom is 0.411 e. The number of aromatic nitrogens is 2. The predicted octanol–water partition coefficient (Wildman–Crippen LogP) is 4.30. The first-order valence-electron chi connectivity index (χ1n) is 11.3. The molecule has 3 amide bonds. The molecule has 1 fully saturated rings. The zero-order valence-corrected chi connectivity index (χ0v) is 22.4. The molecule has 1 aliphatic rings. The minimum absolute atomic E-state index is 0.00119. The molecule has 0 aliphatic carbocycles. The van der Waals surface area contributed by atoms with E-state index in [4.69, 9.17) is 14.5 Å². The second-order valence-corrected chi connectivity index (χ2v) is 10.6. The molecule has 1 saturated heterocycles. The van der Waals surface area contributed by atoms with Gasteiger partial charge < -0.3 is 24.7 Å². The van der Waals surface area contributed by atoms with Crippen molar-refractivity contribution in [1.82, 2.24) is 25.1 Å². The molecule has 190 valence electrons. The quantitative estimate of drug-likeness (QED) is 0.574. The summed E-state index contributed by atoms with van der Waals surface area (Å²) in [5.41, 5.74) is 0.933. The van der Waals surface area contributed by atoms with Gasteiger partial charge in [0.1, 0.15) is 23.5 Å². The first kappa shape index (κ1) is 26.5. The third-order valence-electron chi connectivity index (χ3n) is 5.47. The van der Waals surface area contributed by atoms with Gasteiger partial charge in [-0.3, -0.25) is 9.69 Å². The van der Waals surface area contributed by atoms with E-state index in [0.29, 0.717) is 11.5 Å². The predicted molar refractivity (Wildman–Crippen MR) is 133 cm³/mol. The van der Waals surface area contributed by atoms with E-state index in [9.17, 15) is 14.4 Å². The summed E-state index contributed by atoms with van der Waals surface area (Å²) in [6, 6.07) is 6.31. The number of hydrogen-bond acceptors (Lipinski definition) is 6. The van der Waals surface area contributed by atoms with Gasteiger partial charge in [0, 0.05) is 16.2 Å². The van der Waals surface area contributed by atoms with Gasteiger partial charge in [-0.2, -0.15) is 0 Å². The number of imidazole rings is 1. The third-order valence-corrected chi connectivity index (χ3v) is 6.00. The van der Waals surface area contributed by atoms with Crippen molar-refractivity contribution in [3.63, 3.8) is 0 Å². The van der Waals surface area contributed by atoms with E-state index in [2.05, 4.69) is 26.2 Å². The molecule has 2 heterocycles. The van der Waals surface area contributed by atoms with Gasteiger partial charge in [-0.25, -0.2) is 14.6 Å². The third kappa shape index (κ3) is 6.53. The van der Waals surface area contributed by atoms with Crippen LogP contribution in [0.2, 0.25) is 0 Å². The summed E-state index contributed by atoms with van der Waals surface area (Å²) in [5.74, 6) is -0.0290. The van der Waals surface area contributed by atoms with E-state index in [1.165, 1.54) is 16.9 Å². The number of amides is 3. The van der Waals surface area contributed by atoms with Crippen LogP contribution in [0.15, 0.2) is 34.9 Å². The Balaban J connectivity index is 1.92. The minimum atomic E-state index is -0.843. The topological polar surface area (TPSA) is 117 Å². The molecule has 0 spiro atoms. The average Bonchev–Trinajstić information content (AvgIpc) is 3.43. The van der Waals surface area contributed by atoms with Crippen molar-refractivity contribution in [2.45, 2.75) is 52.3 Å². The van der Waals surface area contributed by atoms with E-state index in [1.54, 1.807) is 27.0 Å². The molecule has 1 aromatic heterocycles. The van der Waals surface area contributed by atoms with Crippen molar-refractivity contribution in [2.75, 3.05) is 20.3 Å². The molecule has 0 saturated carbocycles. The van der Waals surface area contributed by atoms with Gasteiger partial charge in [-0.15, -0.1) is 0 Å². The van der Waals surface area contributed by atoms with E-state index >= 15 is 0 Å². The van der Waals surface area contributed by atoms with Crippen LogP contribution in [0.3, 0.4) is 0 Å². The van der Waals surface area contributed by atoms with Crippen LogP contribution < -0.4 is 5.32 Å². The molecule has 3 rings (SSSR count). The number of H-pyrrole nitrogens is 1. The SMILES string of the molecule is COC(=O)NC(C(=O)N1CN(C(=O)OC(C)(C)C)CC1c1nc(-c2ccc(Br)cc2)c[nH]1)C(C)C. The second-order valence-electron chi connectivity index (χ2n) is 9.70. The first-order chi connectivity index (χ1) is 16.4. The molecular formula is C24H32BrN5O5. The summed E-state index contributed by atoms with van der Waals surface area (Å²) >= 11 is 3.43. The minimum Gasteiger partial charge on any atom is -0.453 e. The monoisotopic (exact) mass is 549 g/mol. The summed E-state index contributed by atoms with van der Waals surface area (Å²) in [5, 5.41) is 2.61.